The highest BCUT2D eigenvalue weighted by Crippen LogP contribution is 2.27. The Labute approximate surface area is 133 Å². The number of benzene rings is 1. The van der Waals surface area contributed by atoms with Crippen LogP contribution < -0.4 is 20.5 Å². The summed E-state index contributed by atoms with van der Waals surface area (Å²) < 4.78 is 10.5. The van der Waals surface area contributed by atoms with Crippen LogP contribution in [0, 0.1) is 5.41 Å². The first kappa shape index (κ1) is 18.3. The van der Waals surface area contributed by atoms with Crippen LogP contribution >= 0.6 is 0 Å². The maximum atomic E-state index is 12.0. The molecule has 0 bridgehead atoms. The SMILES string of the molecule is COc1ccc(CCNC(=O)C(N)CC(C)(C)C)cc1OC. The third-order valence-corrected chi connectivity index (χ3v) is 3.33. The molecule has 1 aromatic carbocycles. The summed E-state index contributed by atoms with van der Waals surface area (Å²) >= 11 is 0. The fourth-order valence-electron chi connectivity index (χ4n) is 2.25. The molecule has 0 aliphatic heterocycles. The first-order valence-corrected chi connectivity index (χ1v) is 7.51. The van der Waals surface area contributed by atoms with Crippen molar-refractivity contribution in [1.29, 1.82) is 0 Å². The Bertz CT molecular complexity index is 495. The van der Waals surface area contributed by atoms with E-state index < -0.39 is 6.04 Å². The van der Waals surface area contributed by atoms with Crippen molar-refractivity contribution in [3.63, 3.8) is 0 Å². The molecule has 3 N–H and O–H groups in total. The largest absolute Gasteiger partial charge is 0.493 e. The van der Waals surface area contributed by atoms with E-state index in [0.717, 1.165) is 5.56 Å². The highest BCUT2D eigenvalue weighted by atomic mass is 16.5. The van der Waals surface area contributed by atoms with Crippen LogP contribution in [0.3, 0.4) is 0 Å². The first-order chi connectivity index (χ1) is 10.3. The predicted molar refractivity (Wildman–Crippen MR) is 88.3 cm³/mol. The number of methoxy groups -OCH3 is 2. The second kappa shape index (κ2) is 8.03. The molecule has 0 spiro atoms. The van der Waals surface area contributed by atoms with Gasteiger partial charge in [-0.1, -0.05) is 26.8 Å². The minimum absolute atomic E-state index is 0.0418. The van der Waals surface area contributed by atoms with Crippen molar-refractivity contribution in [1.82, 2.24) is 5.32 Å². The highest BCUT2D eigenvalue weighted by Gasteiger charge is 2.20. The standard InChI is InChI=1S/C17H28N2O3/c1-17(2,3)11-13(18)16(20)19-9-8-12-6-7-14(21-4)15(10-12)22-5/h6-7,10,13H,8-9,11,18H2,1-5H3,(H,19,20). The number of nitrogens with two attached hydrogens (primary N) is 1. The molecule has 124 valence electrons. The van der Waals surface area contributed by atoms with E-state index in [1.54, 1.807) is 14.2 Å². The lowest BCUT2D eigenvalue weighted by Crippen LogP contribution is -2.43. The molecule has 0 aliphatic carbocycles. The lowest BCUT2D eigenvalue weighted by molar-refractivity contribution is -0.122. The molecule has 1 unspecified atom stereocenters. The van der Waals surface area contributed by atoms with Crippen molar-refractivity contribution in [2.75, 3.05) is 20.8 Å². The number of hydrogen-bond donors (Lipinski definition) is 2. The second-order valence-corrected chi connectivity index (χ2v) is 6.60. The molecule has 1 atom stereocenters. The van der Waals surface area contributed by atoms with Gasteiger partial charge in [0.25, 0.3) is 0 Å². The zero-order valence-corrected chi connectivity index (χ0v) is 14.2. The molecule has 0 aliphatic rings. The van der Waals surface area contributed by atoms with Crippen molar-refractivity contribution in [3.05, 3.63) is 23.8 Å². The van der Waals surface area contributed by atoms with Crippen molar-refractivity contribution in [2.24, 2.45) is 11.1 Å². The van der Waals surface area contributed by atoms with Gasteiger partial charge in [-0.25, -0.2) is 0 Å². The number of carbonyl (C=O) groups excluding carboxylic acids is 1. The highest BCUT2D eigenvalue weighted by molar-refractivity contribution is 5.81. The fraction of sp³-hybridized carbons (Fsp3) is 0.588. The van der Waals surface area contributed by atoms with Gasteiger partial charge in [0.15, 0.2) is 11.5 Å². The Hall–Kier alpha value is -1.75. The van der Waals surface area contributed by atoms with Crippen LogP contribution in [-0.4, -0.2) is 32.7 Å². The summed E-state index contributed by atoms with van der Waals surface area (Å²) in [7, 11) is 3.21. The van der Waals surface area contributed by atoms with Gasteiger partial charge in [0.05, 0.1) is 20.3 Å². The van der Waals surface area contributed by atoms with E-state index in [1.165, 1.54) is 0 Å². The van der Waals surface area contributed by atoms with Gasteiger partial charge in [0.1, 0.15) is 0 Å². The average molecular weight is 308 g/mol. The van der Waals surface area contributed by atoms with Crippen LogP contribution in [0.1, 0.15) is 32.8 Å². The van der Waals surface area contributed by atoms with Crippen molar-refractivity contribution >= 4 is 5.91 Å². The fourth-order valence-corrected chi connectivity index (χ4v) is 2.25. The summed E-state index contributed by atoms with van der Waals surface area (Å²) in [4.78, 5) is 12.0. The summed E-state index contributed by atoms with van der Waals surface area (Å²) in [6, 6.07) is 5.27. The van der Waals surface area contributed by atoms with E-state index in [4.69, 9.17) is 15.2 Å². The molecule has 0 heterocycles. The molecule has 0 saturated heterocycles. The third-order valence-electron chi connectivity index (χ3n) is 3.33. The van der Waals surface area contributed by atoms with Gasteiger partial charge in [-0.2, -0.15) is 0 Å². The molecule has 0 fully saturated rings. The molecule has 0 radical (unpaired) electrons. The van der Waals surface area contributed by atoms with Crippen LogP contribution in [0.5, 0.6) is 11.5 Å². The Balaban J connectivity index is 2.49. The number of amides is 1. The molecule has 1 aromatic rings. The third kappa shape index (κ3) is 5.93. The number of nitrogens with one attached hydrogen (secondary N) is 1. The van der Waals surface area contributed by atoms with Crippen molar-refractivity contribution in [3.8, 4) is 11.5 Å². The zero-order chi connectivity index (χ0) is 16.8. The molecule has 22 heavy (non-hydrogen) atoms. The van der Waals surface area contributed by atoms with E-state index in [-0.39, 0.29) is 11.3 Å². The normalized spacial score (nSPS) is 12.6. The maximum Gasteiger partial charge on any atom is 0.236 e. The van der Waals surface area contributed by atoms with E-state index in [0.29, 0.717) is 30.9 Å². The molecule has 1 rings (SSSR count). The van der Waals surface area contributed by atoms with Crippen LogP contribution in [0.4, 0.5) is 0 Å². The lowest BCUT2D eigenvalue weighted by Gasteiger charge is -2.22. The minimum Gasteiger partial charge on any atom is -0.493 e. The molecule has 5 heteroatoms. The molecule has 5 nitrogen and oxygen atoms in total. The summed E-state index contributed by atoms with van der Waals surface area (Å²) in [5.74, 6) is 1.29. The average Bonchev–Trinajstić information content (AvgIpc) is 2.45. The summed E-state index contributed by atoms with van der Waals surface area (Å²) in [5.41, 5.74) is 7.03. The number of carbonyl (C=O) groups is 1. The summed E-state index contributed by atoms with van der Waals surface area (Å²) in [6.07, 6.45) is 1.38. The minimum atomic E-state index is -0.467. The van der Waals surface area contributed by atoms with E-state index in [1.807, 2.05) is 18.2 Å². The van der Waals surface area contributed by atoms with Crippen LogP contribution in [0.2, 0.25) is 0 Å². The smallest absolute Gasteiger partial charge is 0.236 e. The molecule has 0 aromatic heterocycles. The van der Waals surface area contributed by atoms with Gasteiger partial charge in [-0.15, -0.1) is 0 Å². The molecular formula is C17H28N2O3. The zero-order valence-electron chi connectivity index (χ0n) is 14.2. The number of hydrogen-bond acceptors (Lipinski definition) is 4. The van der Waals surface area contributed by atoms with Gasteiger partial charge < -0.3 is 20.5 Å². The topological polar surface area (TPSA) is 73.6 Å². The van der Waals surface area contributed by atoms with Gasteiger partial charge in [-0.05, 0) is 36.0 Å². The quantitative estimate of drug-likeness (QED) is 0.809. The molecule has 1 amide bonds. The van der Waals surface area contributed by atoms with Gasteiger partial charge >= 0.3 is 0 Å². The second-order valence-electron chi connectivity index (χ2n) is 6.60. The number of ether oxygens (including phenoxy) is 2. The van der Waals surface area contributed by atoms with Gasteiger partial charge in [0.2, 0.25) is 5.91 Å². The van der Waals surface area contributed by atoms with Gasteiger partial charge in [-0.3, -0.25) is 4.79 Å². The molecule has 0 saturated carbocycles. The lowest BCUT2D eigenvalue weighted by atomic mass is 9.88. The van der Waals surface area contributed by atoms with E-state index >= 15 is 0 Å². The Morgan fingerprint density at radius 1 is 1.23 bits per heavy atom. The van der Waals surface area contributed by atoms with E-state index in [9.17, 15) is 4.79 Å². The maximum absolute atomic E-state index is 12.0. The summed E-state index contributed by atoms with van der Waals surface area (Å²) in [5, 5.41) is 2.88. The van der Waals surface area contributed by atoms with E-state index in [2.05, 4.69) is 26.1 Å². The molecular weight excluding hydrogens is 280 g/mol. The monoisotopic (exact) mass is 308 g/mol. The Kier molecular flexibility index (Phi) is 6.68. The predicted octanol–water partition coefficient (Wildman–Crippen LogP) is 2.13. The summed E-state index contributed by atoms with van der Waals surface area (Å²) in [6.45, 7) is 6.77. The Morgan fingerprint density at radius 2 is 1.86 bits per heavy atom. The van der Waals surface area contributed by atoms with Crippen molar-refractivity contribution < 1.29 is 14.3 Å². The van der Waals surface area contributed by atoms with Crippen LogP contribution in [0.25, 0.3) is 0 Å². The first-order valence-electron chi connectivity index (χ1n) is 7.51. The van der Waals surface area contributed by atoms with Gasteiger partial charge in [0, 0.05) is 6.54 Å². The van der Waals surface area contributed by atoms with Crippen LogP contribution in [0.15, 0.2) is 18.2 Å². The van der Waals surface area contributed by atoms with Crippen molar-refractivity contribution in [2.45, 2.75) is 39.7 Å². The number of rotatable bonds is 7. The Morgan fingerprint density at radius 3 is 2.41 bits per heavy atom. The van der Waals surface area contributed by atoms with Crippen LogP contribution in [-0.2, 0) is 11.2 Å².